The molecule has 0 aliphatic heterocycles. The zero-order chi connectivity index (χ0) is 56.0. The van der Waals surface area contributed by atoms with E-state index in [0.717, 1.165) is 67.2 Å². The SMILES string of the molecule is CC1(C)c2cc3c(cc2-c2ccc(N(c4ccccc4)c4cccc5c4oc4c(C6CCCCC6)cccc45)c4cccc1c24)C(C)(C)c1cccc2c(N(c4ccccc4)c4cccc5c4oc4c(C6CCCCC6)cccc45)ccc-3c12. The Morgan fingerprint density at radius 2 is 0.679 bits per heavy atom. The van der Waals surface area contributed by atoms with Gasteiger partial charge in [-0.3, -0.25) is 0 Å². The highest BCUT2D eigenvalue weighted by molar-refractivity contribution is 6.17. The summed E-state index contributed by atoms with van der Waals surface area (Å²) in [6.07, 6.45) is 12.7. The molecule has 17 rings (SSSR count). The average Bonchev–Trinajstić information content (AvgIpc) is 1.02. The molecule has 0 amide bonds. The van der Waals surface area contributed by atoms with Crippen molar-refractivity contribution in [3.05, 3.63) is 240 Å². The number of hydrogen-bond acceptors (Lipinski definition) is 4. The average molecular weight is 1090 g/mol. The highest BCUT2D eigenvalue weighted by Crippen LogP contribution is 2.59. The van der Waals surface area contributed by atoms with Crippen LogP contribution < -0.4 is 9.80 Å². The molecular weight excluding hydrogens is 1020 g/mol. The van der Waals surface area contributed by atoms with Gasteiger partial charge in [0.2, 0.25) is 0 Å². The first-order valence-corrected chi connectivity index (χ1v) is 31.1. The van der Waals surface area contributed by atoms with Crippen LogP contribution in [0.1, 0.15) is 137 Å². The van der Waals surface area contributed by atoms with Crippen LogP contribution in [0.3, 0.4) is 0 Å². The normalized spacial score (nSPS) is 16.4. The predicted molar refractivity (Wildman–Crippen MR) is 352 cm³/mol. The molecule has 13 aromatic rings. The van der Waals surface area contributed by atoms with E-state index in [0.29, 0.717) is 11.8 Å². The van der Waals surface area contributed by atoms with Gasteiger partial charge in [-0.2, -0.15) is 0 Å². The zero-order valence-electron chi connectivity index (χ0n) is 48.6. The van der Waals surface area contributed by atoms with Crippen LogP contribution in [0.4, 0.5) is 34.1 Å². The first-order chi connectivity index (χ1) is 41.2. The first kappa shape index (κ1) is 49.7. The molecule has 84 heavy (non-hydrogen) atoms. The summed E-state index contributed by atoms with van der Waals surface area (Å²) in [6.45, 7) is 9.80. The molecule has 2 aromatic heterocycles. The molecule has 4 aliphatic rings. The van der Waals surface area contributed by atoms with E-state index >= 15 is 0 Å². The number of furan rings is 2. The second-order valence-corrected chi connectivity index (χ2v) is 25.9. The van der Waals surface area contributed by atoms with Crippen molar-refractivity contribution in [1.29, 1.82) is 0 Å². The third kappa shape index (κ3) is 7.25. The molecule has 4 aliphatic carbocycles. The highest BCUT2D eigenvalue weighted by Gasteiger charge is 2.41. The lowest BCUT2D eigenvalue weighted by atomic mass is 9.63. The van der Waals surface area contributed by atoms with Gasteiger partial charge in [-0.25, -0.2) is 0 Å². The molecule has 0 bridgehead atoms. The maximum absolute atomic E-state index is 7.24. The van der Waals surface area contributed by atoms with Crippen molar-refractivity contribution in [2.75, 3.05) is 9.80 Å². The number of hydrogen-bond donors (Lipinski definition) is 0. The molecule has 2 fully saturated rings. The van der Waals surface area contributed by atoms with Gasteiger partial charge in [0, 0.05) is 54.5 Å². The molecule has 0 radical (unpaired) electrons. The second-order valence-electron chi connectivity index (χ2n) is 25.9. The number of benzene rings is 11. The second kappa shape index (κ2) is 18.8. The number of anilines is 6. The molecule has 0 N–H and O–H groups in total. The van der Waals surface area contributed by atoms with E-state index in [9.17, 15) is 0 Å². The Kier molecular flexibility index (Phi) is 11.1. The fourth-order valence-electron chi connectivity index (χ4n) is 16.5. The van der Waals surface area contributed by atoms with Crippen molar-refractivity contribution in [2.24, 2.45) is 0 Å². The van der Waals surface area contributed by atoms with Crippen molar-refractivity contribution in [2.45, 2.75) is 115 Å². The van der Waals surface area contributed by atoms with E-state index in [4.69, 9.17) is 8.83 Å². The molecule has 2 saturated carbocycles. The summed E-state index contributed by atoms with van der Waals surface area (Å²) in [5, 5.41) is 9.83. The Hall–Kier alpha value is -8.86. The topological polar surface area (TPSA) is 32.8 Å². The van der Waals surface area contributed by atoms with Gasteiger partial charge < -0.3 is 18.6 Å². The van der Waals surface area contributed by atoms with Crippen LogP contribution in [-0.4, -0.2) is 0 Å². The van der Waals surface area contributed by atoms with Crippen molar-refractivity contribution in [1.82, 2.24) is 0 Å². The van der Waals surface area contributed by atoms with Crippen LogP contribution in [0.25, 0.3) is 87.7 Å². The maximum Gasteiger partial charge on any atom is 0.159 e. The van der Waals surface area contributed by atoms with Crippen LogP contribution in [0.5, 0.6) is 0 Å². The van der Waals surface area contributed by atoms with Gasteiger partial charge in [-0.1, -0.05) is 212 Å². The molecule has 11 aromatic carbocycles. The molecule has 4 heteroatoms. The van der Waals surface area contributed by atoms with Gasteiger partial charge in [-0.15, -0.1) is 0 Å². The van der Waals surface area contributed by atoms with Crippen LogP contribution in [0, 0.1) is 0 Å². The number of nitrogens with zero attached hydrogens (tertiary/aromatic N) is 2. The highest BCUT2D eigenvalue weighted by atomic mass is 16.3. The summed E-state index contributed by atoms with van der Waals surface area (Å²) in [7, 11) is 0. The van der Waals surface area contributed by atoms with Gasteiger partial charge >= 0.3 is 0 Å². The van der Waals surface area contributed by atoms with Crippen LogP contribution in [-0.2, 0) is 10.8 Å². The monoisotopic (exact) mass is 1090 g/mol. The summed E-state index contributed by atoms with van der Waals surface area (Å²) in [6, 6.07) is 77.8. The summed E-state index contributed by atoms with van der Waals surface area (Å²) in [5.74, 6) is 1.06. The molecular formula is C80H68N2O2. The van der Waals surface area contributed by atoms with Gasteiger partial charge in [0.25, 0.3) is 0 Å². The molecule has 410 valence electrons. The van der Waals surface area contributed by atoms with E-state index in [1.54, 1.807) is 0 Å². The predicted octanol–water partition coefficient (Wildman–Crippen LogP) is 23.4. The van der Waals surface area contributed by atoms with Crippen molar-refractivity contribution in [3.63, 3.8) is 0 Å². The summed E-state index contributed by atoms with van der Waals surface area (Å²) in [5.41, 5.74) is 23.2. The molecule has 0 unspecified atom stereocenters. The van der Waals surface area contributed by atoms with E-state index in [1.165, 1.54) is 152 Å². The van der Waals surface area contributed by atoms with E-state index in [2.05, 4.69) is 244 Å². The lowest BCUT2D eigenvalue weighted by Gasteiger charge is -2.41. The molecule has 0 spiro atoms. The Labute approximate surface area is 492 Å². The van der Waals surface area contributed by atoms with E-state index in [-0.39, 0.29) is 10.8 Å². The van der Waals surface area contributed by atoms with Crippen LogP contribution >= 0.6 is 0 Å². The summed E-state index contributed by atoms with van der Waals surface area (Å²) in [4.78, 5) is 4.92. The lowest BCUT2D eigenvalue weighted by Crippen LogP contribution is -2.28. The van der Waals surface area contributed by atoms with Gasteiger partial charge in [0.15, 0.2) is 11.2 Å². The number of para-hydroxylation sites is 6. The summed E-state index contributed by atoms with van der Waals surface area (Å²) < 4.78 is 14.5. The minimum absolute atomic E-state index is 0.326. The van der Waals surface area contributed by atoms with Crippen molar-refractivity contribution >= 4 is 99.5 Å². The Morgan fingerprint density at radius 3 is 1.10 bits per heavy atom. The molecule has 2 heterocycles. The quantitative estimate of drug-likeness (QED) is 0.152. The standard InChI is InChI=1S/C80H68N2O2/c1-79(2)65-39-19-37-61-69(81(51-27-13-7-14-28-51)71-41-21-35-59-57-33-17-31-53(75(57)83-77(59)71)49-23-9-5-10-24-49)45-43-55(73(61)65)63-48-68-64(47-67(63)79)56-44-46-70(62-38-20-40-66(74(56)62)80(68,3)4)82(52-29-15-8-16-30-52)72-42-22-36-60-58-34-18-32-54(76(58)84-78(60)72)50-25-11-6-12-26-50/h7-8,13-22,27-50H,5-6,9-12,23-26H2,1-4H3. The van der Waals surface area contributed by atoms with E-state index < -0.39 is 0 Å². The van der Waals surface area contributed by atoms with Crippen molar-refractivity contribution < 1.29 is 8.83 Å². The Bertz CT molecular complexity index is 4510. The zero-order valence-corrected chi connectivity index (χ0v) is 48.6. The van der Waals surface area contributed by atoms with Crippen LogP contribution in [0.15, 0.2) is 215 Å². The van der Waals surface area contributed by atoms with E-state index in [1.807, 2.05) is 0 Å². The Balaban J connectivity index is 0.829. The van der Waals surface area contributed by atoms with Gasteiger partial charge in [-0.05, 0) is 165 Å². The largest absolute Gasteiger partial charge is 0.454 e. The smallest absolute Gasteiger partial charge is 0.159 e. The Morgan fingerprint density at radius 1 is 0.310 bits per heavy atom. The molecule has 0 saturated heterocycles. The third-order valence-corrected chi connectivity index (χ3v) is 20.6. The molecule has 0 atom stereocenters. The fraction of sp³-hybridized carbons (Fsp3) is 0.225. The van der Waals surface area contributed by atoms with Crippen LogP contribution in [0.2, 0.25) is 0 Å². The first-order valence-electron chi connectivity index (χ1n) is 31.1. The molecule has 4 nitrogen and oxygen atoms in total. The van der Waals surface area contributed by atoms with Gasteiger partial charge in [0.1, 0.15) is 11.2 Å². The summed E-state index contributed by atoms with van der Waals surface area (Å²) >= 11 is 0. The minimum Gasteiger partial charge on any atom is -0.454 e. The van der Waals surface area contributed by atoms with Crippen molar-refractivity contribution in [3.8, 4) is 22.3 Å². The lowest BCUT2D eigenvalue weighted by molar-refractivity contribution is 0.442. The maximum atomic E-state index is 7.24. The number of fused-ring (bicyclic) bond motifs is 10. The fourth-order valence-corrected chi connectivity index (χ4v) is 16.5. The number of rotatable bonds is 8. The van der Waals surface area contributed by atoms with Gasteiger partial charge in [0.05, 0.1) is 22.7 Å². The minimum atomic E-state index is -0.326. The third-order valence-electron chi connectivity index (χ3n) is 20.6.